The first kappa shape index (κ1) is 19.3. The lowest BCUT2D eigenvalue weighted by Crippen LogP contribution is -2.52. The number of aromatic nitrogens is 2. The van der Waals surface area contributed by atoms with Gasteiger partial charge in [0.1, 0.15) is 0 Å². The first-order valence-electron chi connectivity index (χ1n) is 9.21. The summed E-state index contributed by atoms with van der Waals surface area (Å²) in [6, 6.07) is 7.21. The number of aryl methyl sites for hydroxylation is 1. The second-order valence-corrected chi connectivity index (χ2v) is 7.66. The summed E-state index contributed by atoms with van der Waals surface area (Å²) in [6.07, 6.45) is 3.47. The number of nitrogens with one attached hydrogen (secondary N) is 3. The second kappa shape index (κ2) is 8.04. The highest BCUT2D eigenvalue weighted by atomic mass is 32.1. The molecular formula is C19H25N5O2S. The molecule has 1 amide bonds. The predicted molar refractivity (Wildman–Crippen MR) is 109 cm³/mol. The third-order valence-electron chi connectivity index (χ3n) is 5.48. The van der Waals surface area contributed by atoms with E-state index in [4.69, 9.17) is 12.2 Å². The van der Waals surface area contributed by atoms with Crippen LogP contribution in [0.15, 0.2) is 29.1 Å². The second-order valence-electron chi connectivity index (χ2n) is 7.25. The Morgan fingerprint density at radius 1 is 1.19 bits per heavy atom. The molecule has 1 aromatic heterocycles. The number of nitrogens with zero attached hydrogens (tertiary/aromatic N) is 2. The quantitative estimate of drug-likeness (QED) is 0.539. The van der Waals surface area contributed by atoms with Gasteiger partial charge in [-0.15, -0.1) is 0 Å². The lowest BCUT2D eigenvalue weighted by Gasteiger charge is -2.35. The first-order chi connectivity index (χ1) is 12.9. The molecule has 8 heteroatoms. The molecule has 1 aliphatic rings. The number of rotatable bonds is 2. The molecule has 1 fully saturated rings. The molecule has 1 aliphatic carbocycles. The minimum absolute atomic E-state index is 0.169. The van der Waals surface area contributed by atoms with Crippen molar-refractivity contribution in [2.24, 2.45) is 18.9 Å². The van der Waals surface area contributed by atoms with Gasteiger partial charge in [-0.3, -0.25) is 20.4 Å². The van der Waals surface area contributed by atoms with Gasteiger partial charge in [-0.1, -0.05) is 44.9 Å². The van der Waals surface area contributed by atoms with E-state index in [9.17, 15) is 9.59 Å². The normalized spacial score (nSPS) is 22.3. The van der Waals surface area contributed by atoms with Crippen LogP contribution in [0.1, 0.15) is 43.6 Å². The average molecular weight is 388 g/mol. The van der Waals surface area contributed by atoms with Gasteiger partial charge in [-0.25, -0.2) is 4.68 Å². The van der Waals surface area contributed by atoms with Crippen LogP contribution < -0.4 is 21.7 Å². The lowest BCUT2D eigenvalue weighted by atomic mass is 9.78. The van der Waals surface area contributed by atoms with E-state index >= 15 is 0 Å². The molecule has 0 unspecified atom stereocenters. The molecule has 1 heterocycles. The Hall–Kier alpha value is -2.48. The molecule has 0 aliphatic heterocycles. The maximum atomic E-state index is 12.6. The van der Waals surface area contributed by atoms with Gasteiger partial charge >= 0.3 is 0 Å². The molecule has 27 heavy (non-hydrogen) atoms. The van der Waals surface area contributed by atoms with Crippen LogP contribution in [0.3, 0.4) is 0 Å². The molecule has 0 radical (unpaired) electrons. The van der Waals surface area contributed by atoms with Crippen LogP contribution in [-0.4, -0.2) is 26.8 Å². The van der Waals surface area contributed by atoms with Gasteiger partial charge in [0.05, 0.1) is 5.39 Å². The molecule has 144 valence electrons. The largest absolute Gasteiger partial charge is 0.358 e. The van der Waals surface area contributed by atoms with Crippen LogP contribution in [0.5, 0.6) is 0 Å². The molecule has 7 nitrogen and oxygen atoms in total. The van der Waals surface area contributed by atoms with Gasteiger partial charge in [0.2, 0.25) is 0 Å². The average Bonchev–Trinajstić information content (AvgIpc) is 2.66. The van der Waals surface area contributed by atoms with E-state index in [2.05, 4.69) is 35.1 Å². The molecule has 0 saturated heterocycles. The van der Waals surface area contributed by atoms with Crippen molar-refractivity contribution in [2.45, 2.75) is 39.2 Å². The number of amides is 1. The number of hydrazine groups is 1. The zero-order valence-electron chi connectivity index (χ0n) is 15.8. The standard InChI is InChI=1S/C19H25N5O2S/c1-11-7-6-10-15(12(11)2)20-19(27)22-21-17(25)16-13-8-4-5-9-14(13)18(26)24(3)23-16/h4-5,8-9,11-12,15H,6-7,10H2,1-3H3,(H,21,25)(H2,20,22,27)/t11-,12-,15+/m1/s1. The Bertz CT molecular complexity index is 926. The Morgan fingerprint density at radius 3 is 2.63 bits per heavy atom. The van der Waals surface area contributed by atoms with Crippen molar-refractivity contribution in [3.63, 3.8) is 0 Å². The summed E-state index contributed by atoms with van der Waals surface area (Å²) < 4.78 is 1.17. The third kappa shape index (κ3) is 4.10. The minimum Gasteiger partial charge on any atom is -0.358 e. The molecule has 0 spiro atoms. The summed E-state index contributed by atoms with van der Waals surface area (Å²) in [5.41, 5.74) is 5.26. The van der Waals surface area contributed by atoms with E-state index in [1.54, 1.807) is 24.3 Å². The summed E-state index contributed by atoms with van der Waals surface area (Å²) in [7, 11) is 1.52. The van der Waals surface area contributed by atoms with E-state index in [1.165, 1.54) is 24.6 Å². The fourth-order valence-corrected chi connectivity index (χ4v) is 3.83. The van der Waals surface area contributed by atoms with Crippen LogP contribution in [-0.2, 0) is 7.05 Å². The van der Waals surface area contributed by atoms with Crippen LogP contribution in [0.25, 0.3) is 10.8 Å². The smallest absolute Gasteiger partial charge is 0.290 e. The Labute approximate surface area is 163 Å². The lowest BCUT2D eigenvalue weighted by molar-refractivity contribution is 0.0938. The molecule has 1 saturated carbocycles. The summed E-state index contributed by atoms with van der Waals surface area (Å²) >= 11 is 5.32. The van der Waals surface area contributed by atoms with Gasteiger partial charge in [-0.05, 0) is 36.5 Å². The summed E-state index contributed by atoms with van der Waals surface area (Å²) in [4.78, 5) is 24.8. The highest BCUT2D eigenvalue weighted by Gasteiger charge is 2.27. The number of fused-ring (bicyclic) bond motifs is 1. The summed E-state index contributed by atoms with van der Waals surface area (Å²) in [5, 5.41) is 8.73. The third-order valence-corrected chi connectivity index (χ3v) is 5.70. The molecular weight excluding hydrogens is 362 g/mol. The van der Waals surface area contributed by atoms with Crippen LogP contribution >= 0.6 is 12.2 Å². The Kier molecular flexibility index (Phi) is 5.74. The Balaban J connectivity index is 1.68. The highest BCUT2D eigenvalue weighted by molar-refractivity contribution is 7.80. The zero-order valence-corrected chi connectivity index (χ0v) is 16.6. The van der Waals surface area contributed by atoms with E-state index < -0.39 is 5.91 Å². The summed E-state index contributed by atoms with van der Waals surface area (Å²) in [5.74, 6) is 0.717. The maximum Gasteiger partial charge on any atom is 0.290 e. The van der Waals surface area contributed by atoms with Gasteiger partial charge in [-0.2, -0.15) is 5.10 Å². The van der Waals surface area contributed by atoms with Gasteiger partial charge < -0.3 is 5.32 Å². The van der Waals surface area contributed by atoms with Gasteiger partial charge in [0.25, 0.3) is 11.5 Å². The fraction of sp³-hybridized carbons (Fsp3) is 0.474. The van der Waals surface area contributed by atoms with Crippen molar-refractivity contribution in [3.8, 4) is 0 Å². The first-order valence-corrected chi connectivity index (χ1v) is 9.62. The number of benzene rings is 1. The number of thiocarbonyl (C=S) groups is 1. The van der Waals surface area contributed by atoms with Crippen LogP contribution in [0.4, 0.5) is 0 Å². The molecule has 2 aromatic rings. The van der Waals surface area contributed by atoms with Crippen molar-refractivity contribution >= 4 is 34.0 Å². The molecule has 3 rings (SSSR count). The fourth-order valence-electron chi connectivity index (χ4n) is 3.63. The van der Waals surface area contributed by atoms with E-state index in [0.29, 0.717) is 33.8 Å². The van der Waals surface area contributed by atoms with Crippen molar-refractivity contribution in [2.75, 3.05) is 0 Å². The zero-order chi connectivity index (χ0) is 19.6. The van der Waals surface area contributed by atoms with Crippen LogP contribution in [0.2, 0.25) is 0 Å². The van der Waals surface area contributed by atoms with E-state index in [-0.39, 0.29) is 11.3 Å². The van der Waals surface area contributed by atoms with Gasteiger partial charge in [0, 0.05) is 18.5 Å². The highest BCUT2D eigenvalue weighted by Crippen LogP contribution is 2.29. The predicted octanol–water partition coefficient (Wildman–Crippen LogP) is 1.87. The van der Waals surface area contributed by atoms with Crippen molar-refractivity contribution in [1.29, 1.82) is 0 Å². The SMILES string of the molecule is C[C@@H]1[C@H](C)CCC[C@@H]1NC(=S)NNC(=O)c1nn(C)c(=O)c2ccccc12. The molecule has 0 bridgehead atoms. The topological polar surface area (TPSA) is 88.0 Å². The van der Waals surface area contributed by atoms with Crippen molar-refractivity contribution in [3.05, 3.63) is 40.3 Å². The van der Waals surface area contributed by atoms with Crippen LogP contribution in [0, 0.1) is 11.8 Å². The maximum absolute atomic E-state index is 12.6. The molecule has 1 aromatic carbocycles. The monoisotopic (exact) mass is 387 g/mol. The summed E-state index contributed by atoms with van der Waals surface area (Å²) in [6.45, 7) is 4.48. The van der Waals surface area contributed by atoms with E-state index in [0.717, 1.165) is 6.42 Å². The Morgan fingerprint density at radius 2 is 1.89 bits per heavy atom. The molecule has 3 atom stereocenters. The molecule has 3 N–H and O–H groups in total. The van der Waals surface area contributed by atoms with Gasteiger partial charge in [0.15, 0.2) is 10.8 Å². The number of hydrogen-bond donors (Lipinski definition) is 3. The van der Waals surface area contributed by atoms with Crippen molar-refractivity contribution < 1.29 is 4.79 Å². The van der Waals surface area contributed by atoms with Crippen molar-refractivity contribution in [1.82, 2.24) is 25.9 Å². The number of hydrogen-bond acceptors (Lipinski definition) is 4. The van der Waals surface area contributed by atoms with E-state index in [1.807, 2.05) is 0 Å². The minimum atomic E-state index is -0.448. The number of carbonyl (C=O) groups is 1. The number of carbonyl (C=O) groups excluding carboxylic acids is 1.